The van der Waals surface area contributed by atoms with Gasteiger partial charge in [-0.2, -0.15) is 0 Å². The van der Waals surface area contributed by atoms with Crippen molar-refractivity contribution in [3.63, 3.8) is 0 Å². The largest absolute Gasteiger partial charge is 0.380 e. The summed E-state index contributed by atoms with van der Waals surface area (Å²) in [5, 5.41) is 3.64. The van der Waals surface area contributed by atoms with E-state index >= 15 is 0 Å². The Labute approximate surface area is 106 Å². The molecule has 2 unspecified atom stereocenters. The van der Waals surface area contributed by atoms with Gasteiger partial charge in [-0.3, -0.25) is 0 Å². The van der Waals surface area contributed by atoms with Crippen LogP contribution in [0.3, 0.4) is 0 Å². The predicted octanol–water partition coefficient (Wildman–Crippen LogP) is 4.08. The summed E-state index contributed by atoms with van der Waals surface area (Å²) in [5.41, 5.74) is 1.12. The van der Waals surface area contributed by atoms with E-state index < -0.39 is 0 Å². The van der Waals surface area contributed by atoms with E-state index in [1.54, 1.807) is 0 Å². The third-order valence-corrected chi connectivity index (χ3v) is 4.26. The van der Waals surface area contributed by atoms with Crippen LogP contribution in [0.15, 0.2) is 22.9 Å². The first-order valence-corrected chi connectivity index (χ1v) is 6.85. The van der Waals surface area contributed by atoms with Gasteiger partial charge in [0, 0.05) is 12.2 Å². The monoisotopic (exact) mass is 282 g/mol. The SMILES string of the molecule is CC1CCCC(C)C1Nc1cccnc1Br. The van der Waals surface area contributed by atoms with Crippen molar-refractivity contribution in [2.75, 3.05) is 5.32 Å². The van der Waals surface area contributed by atoms with Crippen LogP contribution in [-0.4, -0.2) is 11.0 Å². The molecule has 1 saturated carbocycles. The second kappa shape index (κ2) is 5.17. The Kier molecular flexibility index (Phi) is 3.85. The fraction of sp³-hybridized carbons (Fsp3) is 0.615. The zero-order valence-electron chi connectivity index (χ0n) is 9.91. The van der Waals surface area contributed by atoms with Gasteiger partial charge in [0.2, 0.25) is 0 Å². The van der Waals surface area contributed by atoms with Crippen molar-refractivity contribution in [2.45, 2.75) is 39.2 Å². The normalized spacial score (nSPS) is 30.1. The summed E-state index contributed by atoms with van der Waals surface area (Å²) in [5.74, 6) is 1.49. The van der Waals surface area contributed by atoms with Crippen LogP contribution in [0.5, 0.6) is 0 Å². The lowest BCUT2D eigenvalue weighted by molar-refractivity contribution is 0.268. The molecule has 1 aliphatic carbocycles. The highest BCUT2D eigenvalue weighted by molar-refractivity contribution is 9.10. The van der Waals surface area contributed by atoms with Gasteiger partial charge in [0.15, 0.2) is 0 Å². The molecule has 88 valence electrons. The molecule has 1 aromatic heterocycles. The summed E-state index contributed by atoms with van der Waals surface area (Å²) in [7, 11) is 0. The van der Waals surface area contributed by atoms with Crippen LogP contribution in [0.25, 0.3) is 0 Å². The minimum Gasteiger partial charge on any atom is -0.380 e. The van der Waals surface area contributed by atoms with Gasteiger partial charge in [-0.15, -0.1) is 0 Å². The molecule has 2 atom stereocenters. The molecule has 2 nitrogen and oxygen atoms in total. The molecule has 1 aromatic rings. The first kappa shape index (κ1) is 11.9. The number of anilines is 1. The summed E-state index contributed by atoms with van der Waals surface area (Å²) in [6.07, 6.45) is 5.84. The van der Waals surface area contributed by atoms with Gasteiger partial charge in [-0.1, -0.05) is 20.3 Å². The third-order valence-electron chi connectivity index (χ3n) is 3.63. The molecular weight excluding hydrogens is 264 g/mol. The summed E-state index contributed by atoms with van der Waals surface area (Å²) < 4.78 is 0.917. The molecule has 1 N–H and O–H groups in total. The van der Waals surface area contributed by atoms with E-state index in [1.165, 1.54) is 19.3 Å². The molecular formula is C13H19BrN2. The Morgan fingerprint density at radius 3 is 2.62 bits per heavy atom. The van der Waals surface area contributed by atoms with Crippen molar-refractivity contribution >= 4 is 21.6 Å². The number of hydrogen-bond donors (Lipinski definition) is 1. The Bertz CT molecular complexity index is 344. The highest BCUT2D eigenvalue weighted by atomic mass is 79.9. The maximum atomic E-state index is 4.25. The quantitative estimate of drug-likeness (QED) is 0.827. The molecule has 16 heavy (non-hydrogen) atoms. The summed E-state index contributed by atoms with van der Waals surface area (Å²) in [6.45, 7) is 4.69. The molecule has 1 heterocycles. The smallest absolute Gasteiger partial charge is 0.129 e. The van der Waals surface area contributed by atoms with Crippen LogP contribution < -0.4 is 5.32 Å². The number of pyridine rings is 1. The van der Waals surface area contributed by atoms with Crippen molar-refractivity contribution in [3.8, 4) is 0 Å². The minimum absolute atomic E-state index is 0.578. The third kappa shape index (κ3) is 2.57. The van der Waals surface area contributed by atoms with E-state index in [1.807, 2.05) is 12.3 Å². The van der Waals surface area contributed by atoms with Crippen molar-refractivity contribution in [2.24, 2.45) is 11.8 Å². The second-order valence-corrected chi connectivity index (χ2v) is 5.65. The van der Waals surface area contributed by atoms with E-state index in [0.29, 0.717) is 6.04 Å². The fourth-order valence-electron chi connectivity index (χ4n) is 2.64. The Balaban J connectivity index is 2.11. The van der Waals surface area contributed by atoms with Gasteiger partial charge in [0.25, 0.3) is 0 Å². The average molecular weight is 283 g/mol. The lowest BCUT2D eigenvalue weighted by atomic mass is 9.78. The number of hydrogen-bond acceptors (Lipinski definition) is 2. The predicted molar refractivity (Wildman–Crippen MR) is 71.5 cm³/mol. The number of aromatic nitrogens is 1. The molecule has 0 radical (unpaired) electrons. The van der Waals surface area contributed by atoms with Gasteiger partial charge in [-0.05, 0) is 52.7 Å². The van der Waals surface area contributed by atoms with Crippen LogP contribution in [0.2, 0.25) is 0 Å². The fourth-order valence-corrected chi connectivity index (χ4v) is 3.00. The molecule has 0 bridgehead atoms. The molecule has 0 aliphatic heterocycles. The topological polar surface area (TPSA) is 24.9 Å². The maximum absolute atomic E-state index is 4.25. The summed E-state index contributed by atoms with van der Waals surface area (Å²) in [6, 6.07) is 4.64. The number of nitrogens with one attached hydrogen (secondary N) is 1. The van der Waals surface area contributed by atoms with E-state index in [2.05, 4.69) is 46.1 Å². The minimum atomic E-state index is 0.578. The van der Waals surface area contributed by atoms with Crippen LogP contribution >= 0.6 is 15.9 Å². The average Bonchev–Trinajstić information content (AvgIpc) is 2.26. The van der Waals surface area contributed by atoms with Crippen molar-refractivity contribution in [1.29, 1.82) is 0 Å². The van der Waals surface area contributed by atoms with Crippen molar-refractivity contribution in [1.82, 2.24) is 4.98 Å². The van der Waals surface area contributed by atoms with Crippen molar-refractivity contribution in [3.05, 3.63) is 22.9 Å². The molecule has 0 saturated heterocycles. The highest BCUT2D eigenvalue weighted by Crippen LogP contribution is 2.32. The molecule has 3 heteroatoms. The van der Waals surface area contributed by atoms with Crippen LogP contribution in [0.4, 0.5) is 5.69 Å². The van der Waals surface area contributed by atoms with Crippen LogP contribution in [0.1, 0.15) is 33.1 Å². The zero-order valence-corrected chi connectivity index (χ0v) is 11.5. The zero-order chi connectivity index (χ0) is 11.5. The standard InChI is InChI=1S/C13H19BrN2/c1-9-5-3-6-10(2)12(9)16-11-7-4-8-15-13(11)14/h4,7-10,12,16H,3,5-6H2,1-2H3. The van der Waals surface area contributed by atoms with Gasteiger partial charge in [0.1, 0.15) is 4.60 Å². The molecule has 0 spiro atoms. The summed E-state index contributed by atoms with van der Waals surface area (Å²) >= 11 is 3.49. The van der Waals surface area contributed by atoms with E-state index in [0.717, 1.165) is 22.1 Å². The first-order chi connectivity index (χ1) is 7.68. The van der Waals surface area contributed by atoms with Crippen LogP contribution in [-0.2, 0) is 0 Å². The first-order valence-electron chi connectivity index (χ1n) is 6.05. The lowest BCUT2D eigenvalue weighted by Gasteiger charge is -2.36. The second-order valence-electron chi connectivity index (χ2n) is 4.90. The van der Waals surface area contributed by atoms with E-state index in [4.69, 9.17) is 0 Å². The van der Waals surface area contributed by atoms with Crippen molar-refractivity contribution < 1.29 is 0 Å². The molecule has 0 aromatic carbocycles. The Morgan fingerprint density at radius 1 is 1.31 bits per heavy atom. The van der Waals surface area contributed by atoms with Crippen LogP contribution in [0, 0.1) is 11.8 Å². The van der Waals surface area contributed by atoms with Gasteiger partial charge in [0.05, 0.1) is 5.69 Å². The van der Waals surface area contributed by atoms with E-state index in [9.17, 15) is 0 Å². The Morgan fingerprint density at radius 2 is 2.00 bits per heavy atom. The molecule has 0 amide bonds. The highest BCUT2D eigenvalue weighted by Gasteiger charge is 2.27. The molecule has 1 fully saturated rings. The Hall–Kier alpha value is -0.570. The van der Waals surface area contributed by atoms with Gasteiger partial charge < -0.3 is 5.32 Å². The van der Waals surface area contributed by atoms with Gasteiger partial charge >= 0.3 is 0 Å². The number of halogens is 1. The number of rotatable bonds is 2. The van der Waals surface area contributed by atoms with Gasteiger partial charge in [-0.25, -0.2) is 4.98 Å². The van der Waals surface area contributed by atoms with E-state index in [-0.39, 0.29) is 0 Å². The summed E-state index contributed by atoms with van der Waals surface area (Å²) in [4.78, 5) is 4.25. The number of nitrogens with zero attached hydrogens (tertiary/aromatic N) is 1. The molecule has 1 aliphatic rings. The lowest BCUT2D eigenvalue weighted by Crippen LogP contribution is -2.37. The molecule has 2 rings (SSSR count). The maximum Gasteiger partial charge on any atom is 0.129 e.